The molecular weight excluding hydrogens is 204 g/mol. The second-order valence-electron chi connectivity index (χ2n) is 5.16. The molecule has 0 bridgehead atoms. The van der Waals surface area contributed by atoms with Gasteiger partial charge >= 0.3 is 0 Å². The molecular formula is C11H18N4O. The summed E-state index contributed by atoms with van der Waals surface area (Å²) < 4.78 is 5.23. The lowest BCUT2D eigenvalue weighted by Crippen LogP contribution is -2.43. The maximum Gasteiger partial charge on any atom is 0.240 e. The lowest BCUT2D eigenvalue weighted by molar-refractivity contribution is 0.321. The lowest BCUT2D eigenvalue weighted by atomic mass is 10.0. The summed E-state index contributed by atoms with van der Waals surface area (Å²) in [6.45, 7) is 5.00. The molecule has 1 aliphatic carbocycles. The van der Waals surface area contributed by atoms with Crippen LogP contribution >= 0.6 is 0 Å². The third-order valence-electron chi connectivity index (χ3n) is 3.46. The fourth-order valence-corrected chi connectivity index (χ4v) is 2.10. The summed E-state index contributed by atoms with van der Waals surface area (Å²) >= 11 is 0. The molecule has 2 aliphatic rings. The van der Waals surface area contributed by atoms with E-state index in [2.05, 4.69) is 27.7 Å². The molecule has 1 unspecified atom stereocenters. The van der Waals surface area contributed by atoms with E-state index in [-0.39, 0.29) is 5.54 Å². The van der Waals surface area contributed by atoms with Crippen molar-refractivity contribution in [1.82, 2.24) is 20.8 Å². The van der Waals surface area contributed by atoms with E-state index >= 15 is 0 Å². The van der Waals surface area contributed by atoms with Crippen molar-refractivity contribution in [2.45, 2.75) is 44.2 Å². The van der Waals surface area contributed by atoms with Crippen molar-refractivity contribution in [2.75, 3.05) is 13.1 Å². The van der Waals surface area contributed by atoms with Gasteiger partial charge in [0, 0.05) is 18.0 Å². The molecule has 88 valence electrons. The Morgan fingerprint density at radius 3 is 3.12 bits per heavy atom. The summed E-state index contributed by atoms with van der Waals surface area (Å²) in [7, 11) is 0. The summed E-state index contributed by atoms with van der Waals surface area (Å²) in [4.78, 5) is 4.40. The minimum atomic E-state index is 0.175. The van der Waals surface area contributed by atoms with E-state index in [9.17, 15) is 0 Å². The maximum atomic E-state index is 5.23. The maximum absolute atomic E-state index is 5.23. The molecule has 0 aromatic carbocycles. The van der Waals surface area contributed by atoms with Crippen molar-refractivity contribution < 1.29 is 4.52 Å². The highest BCUT2D eigenvalue weighted by Gasteiger charge is 2.30. The molecule has 0 amide bonds. The summed E-state index contributed by atoms with van der Waals surface area (Å²) in [5, 5.41) is 10.8. The molecule has 1 saturated carbocycles. The zero-order valence-corrected chi connectivity index (χ0v) is 9.62. The topological polar surface area (TPSA) is 63.0 Å². The average Bonchev–Trinajstić information content (AvgIpc) is 2.87. The van der Waals surface area contributed by atoms with Gasteiger partial charge in [0.1, 0.15) is 0 Å². The molecule has 2 N–H and O–H groups in total. The van der Waals surface area contributed by atoms with Crippen LogP contribution in [0.15, 0.2) is 4.52 Å². The van der Waals surface area contributed by atoms with Gasteiger partial charge in [-0.05, 0) is 32.7 Å². The first-order valence-electron chi connectivity index (χ1n) is 6.03. The molecule has 0 radical (unpaired) electrons. The van der Waals surface area contributed by atoms with Crippen LogP contribution in [0.5, 0.6) is 0 Å². The Kier molecular flexibility index (Phi) is 2.44. The predicted octanol–water partition coefficient (Wildman–Crippen LogP) is 0.789. The number of nitrogens with one attached hydrogen (secondary N) is 2. The van der Waals surface area contributed by atoms with Crippen LogP contribution in [0.2, 0.25) is 0 Å². The Morgan fingerprint density at radius 2 is 2.44 bits per heavy atom. The quantitative estimate of drug-likeness (QED) is 0.788. The van der Waals surface area contributed by atoms with E-state index in [0.717, 1.165) is 31.2 Å². The Labute approximate surface area is 95.0 Å². The Morgan fingerprint density at radius 1 is 1.56 bits per heavy atom. The fourth-order valence-electron chi connectivity index (χ4n) is 2.10. The molecule has 2 fully saturated rings. The number of aromatic nitrogens is 2. The van der Waals surface area contributed by atoms with Gasteiger partial charge in [-0.1, -0.05) is 5.16 Å². The molecule has 0 spiro atoms. The SMILES string of the molecule is CC1(NCc2nc(C3CC3)no2)CCNC1. The van der Waals surface area contributed by atoms with Crippen molar-refractivity contribution in [3.8, 4) is 0 Å². The second kappa shape index (κ2) is 3.82. The highest BCUT2D eigenvalue weighted by Crippen LogP contribution is 2.38. The second-order valence-corrected chi connectivity index (χ2v) is 5.16. The van der Waals surface area contributed by atoms with E-state index < -0.39 is 0 Å². The van der Waals surface area contributed by atoms with Gasteiger partial charge in [0.15, 0.2) is 5.82 Å². The zero-order chi connectivity index (χ0) is 11.0. The number of hydrogen-bond acceptors (Lipinski definition) is 5. The molecule has 3 rings (SSSR count). The van der Waals surface area contributed by atoms with Crippen LogP contribution in [-0.2, 0) is 6.54 Å². The van der Waals surface area contributed by atoms with Crippen molar-refractivity contribution in [3.63, 3.8) is 0 Å². The van der Waals surface area contributed by atoms with Gasteiger partial charge in [-0.3, -0.25) is 0 Å². The molecule has 1 aromatic heterocycles. The Hall–Kier alpha value is -0.940. The normalized spacial score (nSPS) is 29.8. The van der Waals surface area contributed by atoms with Gasteiger partial charge in [-0.25, -0.2) is 0 Å². The molecule has 1 atom stereocenters. The van der Waals surface area contributed by atoms with E-state index in [4.69, 9.17) is 4.52 Å². The van der Waals surface area contributed by atoms with E-state index in [1.54, 1.807) is 0 Å². The number of nitrogens with zero attached hydrogens (tertiary/aromatic N) is 2. The van der Waals surface area contributed by atoms with Crippen molar-refractivity contribution in [1.29, 1.82) is 0 Å². The van der Waals surface area contributed by atoms with Crippen LogP contribution in [0.3, 0.4) is 0 Å². The summed E-state index contributed by atoms with van der Waals surface area (Å²) in [5.41, 5.74) is 0.175. The average molecular weight is 222 g/mol. The van der Waals surface area contributed by atoms with Crippen LogP contribution in [0.25, 0.3) is 0 Å². The first-order valence-corrected chi connectivity index (χ1v) is 6.03. The molecule has 1 saturated heterocycles. The standard InChI is InChI=1S/C11H18N4O/c1-11(4-5-12-7-11)13-6-9-14-10(15-16-9)8-2-3-8/h8,12-13H,2-7H2,1H3. The molecule has 2 heterocycles. The minimum absolute atomic E-state index is 0.175. The van der Waals surface area contributed by atoms with Crippen LogP contribution in [-0.4, -0.2) is 28.8 Å². The van der Waals surface area contributed by atoms with E-state index in [1.807, 2.05) is 0 Å². The van der Waals surface area contributed by atoms with Gasteiger partial charge in [0.05, 0.1) is 6.54 Å². The summed E-state index contributed by atoms with van der Waals surface area (Å²) in [6.07, 6.45) is 3.58. The zero-order valence-electron chi connectivity index (χ0n) is 9.62. The molecule has 5 heteroatoms. The van der Waals surface area contributed by atoms with E-state index in [1.165, 1.54) is 12.8 Å². The first-order chi connectivity index (χ1) is 7.75. The van der Waals surface area contributed by atoms with Crippen LogP contribution in [0.4, 0.5) is 0 Å². The smallest absolute Gasteiger partial charge is 0.240 e. The molecule has 5 nitrogen and oxygen atoms in total. The lowest BCUT2D eigenvalue weighted by Gasteiger charge is -2.23. The van der Waals surface area contributed by atoms with Gasteiger partial charge in [0.2, 0.25) is 5.89 Å². The third-order valence-corrected chi connectivity index (χ3v) is 3.46. The fraction of sp³-hybridized carbons (Fsp3) is 0.818. The highest BCUT2D eigenvalue weighted by atomic mass is 16.5. The first kappa shape index (κ1) is 10.2. The van der Waals surface area contributed by atoms with Crippen molar-refractivity contribution in [3.05, 3.63) is 11.7 Å². The monoisotopic (exact) mass is 222 g/mol. The Balaban J connectivity index is 1.56. The van der Waals surface area contributed by atoms with Gasteiger partial charge in [-0.2, -0.15) is 4.98 Å². The van der Waals surface area contributed by atoms with Crippen LogP contribution < -0.4 is 10.6 Å². The van der Waals surface area contributed by atoms with Crippen LogP contribution in [0.1, 0.15) is 43.8 Å². The van der Waals surface area contributed by atoms with Gasteiger partial charge in [0.25, 0.3) is 0 Å². The van der Waals surface area contributed by atoms with E-state index in [0.29, 0.717) is 12.5 Å². The minimum Gasteiger partial charge on any atom is -0.338 e. The summed E-state index contributed by atoms with van der Waals surface area (Å²) in [5.74, 6) is 2.18. The largest absolute Gasteiger partial charge is 0.338 e. The summed E-state index contributed by atoms with van der Waals surface area (Å²) in [6, 6.07) is 0. The highest BCUT2D eigenvalue weighted by molar-refractivity contribution is 5.03. The van der Waals surface area contributed by atoms with Gasteiger partial charge in [-0.15, -0.1) is 0 Å². The van der Waals surface area contributed by atoms with Gasteiger partial charge < -0.3 is 15.2 Å². The van der Waals surface area contributed by atoms with Crippen molar-refractivity contribution in [2.24, 2.45) is 0 Å². The molecule has 1 aliphatic heterocycles. The third kappa shape index (κ3) is 2.10. The van der Waals surface area contributed by atoms with Crippen LogP contribution in [0, 0.1) is 0 Å². The number of rotatable bonds is 4. The van der Waals surface area contributed by atoms with Crippen molar-refractivity contribution >= 4 is 0 Å². The Bertz CT molecular complexity index is 366. The predicted molar refractivity (Wildman–Crippen MR) is 59.0 cm³/mol. The number of hydrogen-bond donors (Lipinski definition) is 2. The molecule has 16 heavy (non-hydrogen) atoms. The molecule has 1 aromatic rings.